The van der Waals surface area contributed by atoms with Gasteiger partial charge in [-0.3, -0.25) is 0 Å². The molecule has 0 aliphatic heterocycles. The number of hydrogen-bond donors (Lipinski definition) is 1. The van der Waals surface area contributed by atoms with Crippen molar-refractivity contribution in [2.24, 2.45) is 0 Å². The number of carboxylic acid groups (broad SMARTS) is 1. The van der Waals surface area contributed by atoms with Crippen molar-refractivity contribution in [3.63, 3.8) is 0 Å². The molecule has 0 atom stereocenters. The first kappa shape index (κ1) is 16.2. The lowest BCUT2D eigenvalue weighted by atomic mass is 10.0. The monoisotopic (exact) mass is 314 g/mol. The molecule has 4 heteroatoms. The van der Waals surface area contributed by atoms with Crippen molar-refractivity contribution < 1.29 is 14.6 Å². The maximum Gasteiger partial charge on any atom is 0.328 e. The molecule has 22 heavy (non-hydrogen) atoms. The van der Waals surface area contributed by atoms with Gasteiger partial charge in [-0.05, 0) is 54.8 Å². The van der Waals surface area contributed by atoms with Crippen molar-refractivity contribution in [3.8, 4) is 5.75 Å². The Morgan fingerprint density at radius 2 is 1.82 bits per heavy atom. The van der Waals surface area contributed by atoms with Crippen molar-refractivity contribution in [1.82, 2.24) is 0 Å². The summed E-state index contributed by atoms with van der Waals surface area (Å²) in [5.41, 5.74) is 3.14. The minimum absolute atomic E-state index is 0.847. The van der Waals surface area contributed by atoms with E-state index in [1.165, 1.54) is 0 Å². The number of methoxy groups -OCH3 is 1. The minimum Gasteiger partial charge on any atom is -0.496 e. The maximum absolute atomic E-state index is 10.6. The lowest BCUT2D eigenvalue weighted by Gasteiger charge is -2.13. The molecular formula is C18H18O3S. The molecule has 0 saturated carbocycles. The second-order valence-corrected chi connectivity index (χ2v) is 5.91. The highest BCUT2D eigenvalue weighted by Crippen LogP contribution is 2.37. The normalized spacial score (nSPS) is 10.9. The molecule has 2 aromatic carbocycles. The van der Waals surface area contributed by atoms with Crippen LogP contribution in [0.4, 0.5) is 0 Å². The Bertz CT molecular complexity index is 720. The van der Waals surface area contributed by atoms with E-state index in [4.69, 9.17) is 9.84 Å². The Morgan fingerprint density at radius 3 is 2.50 bits per heavy atom. The Balaban J connectivity index is 2.33. The van der Waals surface area contributed by atoms with Gasteiger partial charge in [-0.2, -0.15) is 0 Å². The fourth-order valence-electron chi connectivity index (χ4n) is 2.09. The molecule has 0 saturated heterocycles. The van der Waals surface area contributed by atoms with Crippen LogP contribution in [0.25, 0.3) is 6.08 Å². The van der Waals surface area contributed by atoms with E-state index < -0.39 is 5.97 Å². The second kappa shape index (κ2) is 7.18. The zero-order valence-electron chi connectivity index (χ0n) is 12.8. The lowest BCUT2D eigenvalue weighted by Crippen LogP contribution is -1.92. The van der Waals surface area contributed by atoms with E-state index in [2.05, 4.69) is 0 Å². The van der Waals surface area contributed by atoms with Gasteiger partial charge in [0.2, 0.25) is 0 Å². The van der Waals surface area contributed by atoms with E-state index in [0.717, 1.165) is 38.3 Å². The highest BCUT2D eigenvalue weighted by molar-refractivity contribution is 7.99. The third-order valence-electron chi connectivity index (χ3n) is 3.47. The van der Waals surface area contributed by atoms with Gasteiger partial charge in [0.05, 0.1) is 12.0 Å². The molecule has 3 nitrogen and oxygen atoms in total. The van der Waals surface area contributed by atoms with Crippen LogP contribution in [0.2, 0.25) is 0 Å². The van der Waals surface area contributed by atoms with Crippen LogP contribution in [0, 0.1) is 13.8 Å². The summed E-state index contributed by atoms with van der Waals surface area (Å²) >= 11 is 1.65. The minimum atomic E-state index is -0.940. The zero-order valence-corrected chi connectivity index (χ0v) is 13.6. The van der Waals surface area contributed by atoms with Crippen molar-refractivity contribution in [2.75, 3.05) is 7.11 Å². The zero-order chi connectivity index (χ0) is 16.1. The first-order valence-electron chi connectivity index (χ1n) is 6.85. The summed E-state index contributed by atoms with van der Waals surface area (Å²) in [6.45, 7) is 4.05. The van der Waals surface area contributed by atoms with Gasteiger partial charge in [-0.15, -0.1) is 0 Å². The van der Waals surface area contributed by atoms with Crippen LogP contribution >= 0.6 is 11.8 Å². The SMILES string of the molecule is COc1ccccc1Sc1ccc(/C=C/C(=O)O)c(C)c1C. The van der Waals surface area contributed by atoms with Crippen LogP contribution in [-0.4, -0.2) is 18.2 Å². The Morgan fingerprint density at radius 1 is 1.09 bits per heavy atom. The fourth-order valence-corrected chi connectivity index (χ4v) is 3.17. The van der Waals surface area contributed by atoms with Gasteiger partial charge >= 0.3 is 5.97 Å². The highest BCUT2D eigenvalue weighted by Gasteiger charge is 2.09. The quantitative estimate of drug-likeness (QED) is 0.822. The molecule has 0 unspecified atom stereocenters. The number of ether oxygens (including phenoxy) is 1. The van der Waals surface area contributed by atoms with Crippen LogP contribution in [0.1, 0.15) is 16.7 Å². The van der Waals surface area contributed by atoms with Gasteiger partial charge in [0.15, 0.2) is 0 Å². The molecule has 0 bridgehead atoms. The number of carboxylic acids is 1. The van der Waals surface area contributed by atoms with E-state index in [9.17, 15) is 4.79 Å². The lowest BCUT2D eigenvalue weighted by molar-refractivity contribution is -0.131. The molecule has 0 aromatic heterocycles. The summed E-state index contributed by atoms with van der Waals surface area (Å²) in [6.07, 6.45) is 2.79. The van der Waals surface area contributed by atoms with Gasteiger partial charge in [0.25, 0.3) is 0 Å². The Labute approximate surface area is 134 Å². The summed E-state index contributed by atoms with van der Waals surface area (Å²) in [5, 5.41) is 8.74. The predicted octanol–water partition coefficient (Wildman–Crippen LogP) is 4.56. The molecule has 0 amide bonds. The summed E-state index contributed by atoms with van der Waals surface area (Å²) in [4.78, 5) is 12.8. The van der Waals surface area contributed by atoms with E-state index in [1.807, 2.05) is 50.2 Å². The highest BCUT2D eigenvalue weighted by atomic mass is 32.2. The number of para-hydroxylation sites is 1. The third-order valence-corrected chi connectivity index (χ3v) is 4.69. The van der Waals surface area contributed by atoms with Crippen LogP contribution < -0.4 is 4.74 Å². The number of rotatable bonds is 5. The van der Waals surface area contributed by atoms with E-state index in [0.29, 0.717) is 0 Å². The molecule has 0 radical (unpaired) electrons. The standard InChI is InChI=1S/C18H18O3S/c1-12-13(2)16(10-8-14(12)9-11-18(19)20)22-17-7-5-4-6-15(17)21-3/h4-11H,1-3H3,(H,19,20)/b11-9+. The Hall–Kier alpha value is -2.20. The summed E-state index contributed by atoms with van der Waals surface area (Å²) in [7, 11) is 1.66. The van der Waals surface area contributed by atoms with Crippen LogP contribution in [-0.2, 0) is 4.79 Å². The van der Waals surface area contributed by atoms with E-state index in [-0.39, 0.29) is 0 Å². The average molecular weight is 314 g/mol. The van der Waals surface area contributed by atoms with Crippen LogP contribution in [0.15, 0.2) is 52.3 Å². The molecule has 0 aliphatic carbocycles. The van der Waals surface area contributed by atoms with Gasteiger partial charge in [0, 0.05) is 11.0 Å². The predicted molar refractivity (Wildman–Crippen MR) is 89.7 cm³/mol. The molecule has 0 spiro atoms. The first-order chi connectivity index (χ1) is 10.5. The third kappa shape index (κ3) is 3.71. The molecule has 2 rings (SSSR count). The van der Waals surface area contributed by atoms with E-state index in [1.54, 1.807) is 24.9 Å². The molecule has 114 valence electrons. The topological polar surface area (TPSA) is 46.5 Å². The second-order valence-electron chi connectivity index (χ2n) is 4.83. The fraction of sp³-hybridized carbons (Fsp3) is 0.167. The van der Waals surface area contributed by atoms with Gasteiger partial charge in [-0.1, -0.05) is 30.0 Å². The van der Waals surface area contributed by atoms with Gasteiger partial charge in [0.1, 0.15) is 5.75 Å². The van der Waals surface area contributed by atoms with Gasteiger partial charge < -0.3 is 9.84 Å². The summed E-state index contributed by atoms with van der Waals surface area (Å²) in [5.74, 6) is -0.0936. The van der Waals surface area contributed by atoms with Crippen molar-refractivity contribution in [1.29, 1.82) is 0 Å². The molecule has 0 heterocycles. The molecule has 2 aromatic rings. The van der Waals surface area contributed by atoms with Crippen molar-refractivity contribution in [3.05, 3.63) is 59.2 Å². The molecule has 1 N–H and O–H groups in total. The first-order valence-corrected chi connectivity index (χ1v) is 7.66. The maximum atomic E-state index is 10.6. The number of carbonyl (C=O) groups is 1. The molecule has 0 fully saturated rings. The largest absolute Gasteiger partial charge is 0.496 e. The summed E-state index contributed by atoms with van der Waals surface area (Å²) < 4.78 is 5.38. The van der Waals surface area contributed by atoms with E-state index >= 15 is 0 Å². The number of benzene rings is 2. The number of hydrogen-bond acceptors (Lipinski definition) is 3. The number of aliphatic carboxylic acids is 1. The molecular weight excluding hydrogens is 296 g/mol. The van der Waals surface area contributed by atoms with Crippen LogP contribution in [0.5, 0.6) is 5.75 Å². The molecule has 0 aliphatic rings. The smallest absolute Gasteiger partial charge is 0.328 e. The van der Waals surface area contributed by atoms with Crippen molar-refractivity contribution >= 4 is 23.8 Å². The summed E-state index contributed by atoms with van der Waals surface area (Å²) in [6, 6.07) is 11.9. The van der Waals surface area contributed by atoms with Crippen LogP contribution in [0.3, 0.4) is 0 Å². The average Bonchev–Trinajstić information content (AvgIpc) is 2.51. The Kier molecular flexibility index (Phi) is 5.28. The van der Waals surface area contributed by atoms with Crippen molar-refractivity contribution in [2.45, 2.75) is 23.6 Å². The van der Waals surface area contributed by atoms with Gasteiger partial charge in [-0.25, -0.2) is 4.79 Å².